The number of carbonyl (C=O) groups excluding carboxylic acids is 1. The highest BCUT2D eigenvalue weighted by Crippen LogP contribution is 2.34. The summed E-state index contributed by atoms with van der Waals surface area (Å²) in [6.07, 6.45) is 4.65. The third-order valence-corrected chi connectivity index (χ3v) is 14.7. The minimum absolute atomic E-state index is 0.183. The van der Waals surface area contributed by atoms with Gasteiger partial charge < -0.3 is 14.7 Å². The molecule has 55 heavy (non-hydrogen) atoms. The Labute approximate surface area is 332 Å². The summed E-state index contributed by atoms with van der Waals surface area (Å²) >= 11 is 7.40. The standard InChI is InChI=1S/C43H43ClN6O3S2/c44-36-16-15-34-24-42(54-40(34)25-36)55(52,53)49-29-38(28-47-21-17-37(18-22-47)48-19-7-8-20-48)50(41(51)30-49)27-31-13-14-35(26-45)39(23-31)46-43(32-9-3-1-4-10-32)33-11-5-2-6-12-33/h1-6,9-16,23-25,37-38H,7-8,17-22,27-30H2/t38-/m0/s1. The van der Waals surface area contributed by atoms with E-state index in [2.05, 4.69) is 15.9 Å². The molecule has 1 amide bonds. The zero-order valence-corrected chi connectivity index (χ0v) is 32.9. The second kappa shape index (κ2) is 16.4. The van der Waals surface area contributed by atoms with Crippen LogP contribution in [-0.2, 0) is 21.4 Å². The first-order chi connectivity index (χ1) is 26.7. The van der Waals surface area contributed by atoms with Gasteiger partial charge in [0.05, 0.1) is 29.5 Å². The maximum atomic E-state index is 14.2. The van der Waals surface area contributed by atoms with Crippen LogP contribution in [-0.4, -0.2) is 96.9 Å². The van der Waals surface area contributed by atoms with Gasteiger partial charge in [0.2, 0.25) is 5.91 Å². The van der Waals surface area contributed by atoms with Crippen LogP contribution in [0.3, 0.4) is 0 Å². The molecule has 1 aromatic heterocycles. The van der Waals surface area contributed by atoms with Crippen LogP contribution >= 0.6 is 22.9 Å². The lowest BCUT2D eigenvalue weighted by Crippen LogP contribution is -2.61. The molecule has 8 rings (SSSR count). The first-order valence-corrected chi connectivity index (χ1v) is 21.6. The van der Waals surface area contributed by atoms with E-state index in [0.29, 0.717) is 28.9 Å². The van der Waals surface area contributed by atoms with Crippen molar-refractivity contribution in [2.24, 2.45) is 4.99 Å². The molecular weight excluding hydrogens is 748 g/mol. The summed E-state index contributed by atoms with van der Waals surface area (Å²) in [6, 6.07) is 34.8. The summed E-state index contributed by atoms with van der Waals surface area (Å²) in [7, 11) is -3.96. The Morgan fingerprint density at radius 1 is 0.873 bits per heavy atom. The molecule has 0 saturated carbocycles. The Hall–Kier alpha value is -4.41. The normalized spacial score (nSPS) is 19.2. The molecule has 0 aliphatic carbocycles. The first-order valence-electron chi connectivity index (χ1n) is 18.9. The Balaban J connectivity index is 1.09. The van der Waals surface area contributed by atoms with E-state index in [-0.39, 0.29) is 35.8 Å². The third-order valence-electron chi connectivity index (χ3n) is 11.1. The highest BCUT2D eigenvalue weighted by molar-refractivity contribution is 7.91. The van der Waals surface area contributed by atoms with Crippen LogP contribution in [0.1, 0.15) is 47.9 Å². The lowest BCUT2D eigenvalue weighted by Gasteiger charge is -2.44. The maximum Gasteiger partial charge on any atom is 0.253 e. The molecule has 0 spiro atoms. The summed E-state index contributed by atoms with van der Waals surface area (Å²) in [4.78, 5) is 26.2. The topological polar surface area (TPSA) is 100 Å². The van der Waals surface area contributed by atoms with Crippen LogP contribution in [0.2, 0.25) is 5.02 Å². The van der Waals surface area contributed by atoms with Gasteiger partial charge >= 0.3 is 0 Å². The van der Waals surface area contributed by atoms with Crippen molar-refractivity contribution in [2.45, 2.75) is 48.5 Å². The van der Waals surface area contributed by atoms with Crippen LogP contribution in [0.15, 0.2) is 112 Å². The molecule has 9 nitrogen and oxygen atoms in total. The first kappa shape index (κ1) is 37.5. The second-order valence-corrected chi connectivity index (χ2v) is 18.3. The van der Waals surface area contributed by atoms with E-state index in [1.165, 1.54) is 41.6 Å². The van der Waals surface area contributed by atoms with Gasteiger partial charge in [-0.25, -0.2) is 13.4 Å². The highest BCUT2D eigenvalue weighted by Gasteiger charge is 2.40. The molecule has 1 atom stereocenters. The molecule has 4 heterocycles. The Bertz CT molecular complexity index is 2310. The Kier molecular flexibility index (Phi) is 11.2. The molecule has 0 unspecified atom stereocenters. The summed E-state index contributed by atoms with van der Waals surface area (Å²) in [5.74, 6) is -0.250. The fraction of sp³-hybridized carbons (Fsp3) is 0.326. The maximum absolute atomic E-state index is 14.2. The highest BCUT2D eigenvalue weighted by atomic mass is 35.5. The minimum atomic E-state index is -3.96. The van der Waals surface area contributed by atoms with Crippen LogP contribution in [0, 0.1) is 11.3 Å². The number of nitrogens with zero attached hydrogens (tertiary/aromatic N) is 6. The number of aliphatic imine (C=N–C) groups is 1. The monoisotopic (exact) mass is 790 g/mol. The number of fused-ring (bicyclic) bond motifs is 1. The van der Waals surface area contributed by atoms with Gasteiger partial charge in [-0.3, -0.25) is 4.79 Å². The Morgan fingerprint density at radius 3 is 2.24 bits per heavy atom. The number of benzene rings is 4. The van der Waals surface area contributed by atoms with E-state index in [0.717, 1.165) is 58.4 Å². The zero-order chi connectivity index (χ0) is 37.9. The van der Waals surface area contributed by atoms with E-state index >= 15 is 0 Å². The van der Waals surface area contributed by atoms with Gasteiger partial charge in [-0.2, -0.15) is 9.57 Å². The number of nitriles is 1. The van der Waals surface area contributed by atoms with Crippen molar-refractivity contribution in [3.8, 4) is 6.07 Å². The fourth-order valence-electron chi connectivity index (χ4n) is 8.17. The van der Waals surface area contributed by atoms with E-state index in [9.17, 15) is 18.5 Å². The van der Waals surface area contributed by atoms with E-state index in [1.807, 2.05) is 83.8 Å². The predicted octanol–water partition coefficient (Wildman–Crippen LogP) is 7.56. The minimum Gasteiger partial charge on any atom is -0.332 e. The summed E-state index contributed by atoms with van der Waals surface area (Å²) in [5, 5.41) is 11.5. The number of piperazine rings is 1. The molecule has 3 saturated heterocycles. The average molecular weight is 791 g/mol. The number of hydrogen-bond acceptors (Lipinski definition) is 8. The largest absolute Gasteiger partial charge is 0.332 e. The van der Waals surface area contributed by atoms with Crippen LogP contribution < -0.4 is 0 Å². The van der Waals surface area contributed by atoms with E-state index in [1.54, 1.807) is 24.3 Å². The van der Waals surface area contributed by atoms with Crippen molar-refractivity contribution in [3.05, 3.63) is 130 Å². The van der Waals surface area contributed by atoms with Crippen molar-refractivity contribution in [3.63, 3.8) is 0 Å². The van der Waals surface area contributed by atoms with Gasteiger partial charge in [0.25, 0.3) is 10.0 Å². The van der Waals surface area contributed by atoms with E-state index in [4.69, 9.17) is 16.6 Å². The molecule has 0 radical (unpaired) electrons. The summed E-state index contributed by atoms with van der Waals surface area (Å²) in [5.41, 5.74) is 4.35. The molecule has 4 aromatic carbocycles. The van der Waals surface area contributed by atoms with Gasteiger partial charge in [0.15, 0.2) is 0 Å². The van der Waals surface area contributed by atoms with Crippen molar-refractivity contribution in [1.29, 1.82) is 5.26 Å². The summed E-state index contributed by atoms with van der Waals surface area (Å²) in [6.45, 7) is 4.91. The van der Waals surface area contributed by atoms with E-state index < -0.39 is 10.0 Å². The van der Waals surface area contributed by atoms with Gasteiger partial charge in [-0.1, -0.05) is 84.4 Å². The molecular formula is C43H43ClN6O3S2. The van der Waals surface area contributed by atoms with Crippen molar-refractivity contribution < 1.29 is 13.2 Å². The van der Waals surface area contributed by atoms with Gasteiger partial charge in [-0.05, 0) is 93.1 Å². The van der Waals surface area contributed by atoms with Crippen molar-refractivity contribution in [1.82, 2.24) is 19.0 Å². The van der Waals surface area contributed by atoms with Gasteiger partial charge in [0, 0.05) is 46.5 Å². The number of likely N-dealkylation sites (tertiary alicyclic amines) is 2. The molecule has 12 heteroatoms. The van der Waals surface area contributed by atoms with Gasteiger partial charge in [0.1, 0.15) is 10.3 Å². The van der Waals surface area contributed by atoms with Crippen LogP contribution in [0.4, 0.5) is 5.69 Å². The lowest BCUT2D eigenvalue weighted by molar-refractivity contribution is -0.139. The SMILES string of the molecule is N#Cc1ccc(CN2C(=O)CN(S(=O)(=O)c3cc4ccc(Cl)cc4s3)C[C@@H]2CN2CCC(N3CCCC3)CC2)cc1N=C(c1ccccc1)c1ccccc1. The molecule has 0 bridgehead atoms. The van der Waals surface area contributed by atoms with Gasteiger partial charge in [-0.15, -0.1) is 11.3 Å². The fourth-order valence-corrected chi connectivity index (χ4v) is 11.4. The number of halogens is 1. The van der Waals surface area contributed by atoms with Crippen LogP contribution in [0.5, 0.6) is 0 Å². The quantitative estimate of drug-likeness (QED) is 0.136. The number of hydrogen-bond donors (Lipinski definition) is 0. The smallest absolute Gasteiger partial charge is 0.253 e. The average Bonchev–Trinajstić information content (AvgIpc) is 3.91. The second-order valence-electron chi connectivity index (χ2n) is 14.7. The number of thiophene rings is 1. The van der Waals surface area contributed by atoms with Crippen LogP contribution in [0.25, 0.3) is 10.1 Å². The number of sulfonamides is 1. The predicted molar refractivity (Wildman–Crippen MR) is 220 cm³/mol. The number of amides is 1. The number of piperidine rings is 1. The Morgan fingerprint density at radius 2 is 1.56 bits per heavy atom. The zero-order valence-electron chi connectivity index (χ0n) is 30.6. The van der Waals surface area contributed by atoms with Crippen molar-refractivity contribution >= 4 is 60.4 Å². The molecule has 5 aromatic rings. The summed E-state index contributed by atoms with van der Waals surface area (Å²) < 4.78 is 30.8. The van der Waals surface area contributed by atoms with Crippen molar-refractivity contribution in [2.75, 3.05) is 45.8 Å². The third kappa shape index (κ3) is 8.26. The molecule has 3 fully saturated rings. The molecule has 0 N–H and O–H groups in total. The molecule has 282 valence electrons. The molecule has 3 aliphatic rings. The number of rotatable bonds is 10. The molecule has 3 aliphatic heterocycles. The number of carbonyl (C=O) groups is 1. The lowest BCUT2D eigenvalue weighted by atomic mass is 10.0.